The van der Waals surface area contributed by atoms with Gasteiger partial charge in [-0.1, -0.05) is 49.4 Å². The van der Waals surface area contributed by atoms with E-state index < -0.39 is 0 Å². The third-order valence-electron chi connectivity index (χ3n) is 3.80. The topological polar surface area (TPSA) is 38.3 Å². The Kier molecular flexibility index (Phi) is 5.47. The number of benzene rings is 3. The molecule has 126 valence electrons. The van der Waals surface area contributed by atoms with Gasteiger partial charge in [0.25, 0.3) is 0 Å². The van der Waals surface area contributed by atoms with Gasteiger partial charge in [-0.2, -0.15) is 0 Å². The second-order valence-electron chi connectivity index (χ2n) is 5.80. The van der Waals surface area contributed by atoms with Crippen LogP contribution in [-0.2, 0) is 4.79 Å². The summed E-state index contributed by atoms with van der Waals surface area (Å²) in [5.74, 6) is 0.696. The van der Waals surface area contributed by atoms with Crippen LogP contribution < -0.4 is 10.1 Å². The van der Waals surface area contributed by atoms with E-state index in [2.05, 4.69) is 18.3 Å². The Labute approximate surface area is 147 Å². The average molecular weight is 331 g/mol. The molecule has 3 nitrogen and oxygen atoms in total. The Morgan fingerprint density at radius 1 is 1.00 bits per heavy atom. The van der Waals surface area contributed by atoms with Crippen molar-refractivity contribution in [2.45, 2.75) is 13.3 Å². The number of ether oxygens (including phenoxy) is 1. The van der Waals surface area contributed by atoms with Crippen molar-refractivity contribution in [1.29, 1.82) is 0 Å². The van der Waals surface area contributed by atoms with Crippen LogP contribution in [0.2, 0.25) is 0 Å². The Morgan fingerprint density at radius 3 is 2.52 bits per heavy atom. The first kappa shape index (κ1) is 16.8. The van der Waals surface area contributed by atoms with Crippen molar-refractivity contribution in [3.8, 4) is 5.75 Å². The molecule has 1 N–H and O–H groups in total. The summed E-state index contributed by atoms with van der Waals surface area (Å²) in [6.07, 6.45) is 4.31. The number of hydrogen-bond acceptors (Lipinski definition) is 2. The van der Waals surface area contributed by atoms with Crippen LogP contribution in [0.4, 0.5) is 5.69 Å². The molecule has 0 spiro atoms. The third-order valence-corrected chi connectivity index (χ3v) is 3.80. The molecule has 0 bridgehead atoms. The molecule has 0 fully saturated rings. The molecule has 0 unspecified atom stereocenters. The quantitative estimate of drug-likeness (QED) is 0.624. The summed E-state index contributed by atoms with van der Waals surface area (Å²) >= 11 is 0. The van der Waals surface area contributed by atoms with E-state index in [1.165, 1.54) is 6.08 Å². The maximum Gasteiger partial charge on any atom is 0.248 e. The summed E-state index contributed by atoms with van der Waals surface area (Å²) in [6.45, 7) is 2.79. The summed E-state index contributed by atoms with van der Waals surface area (Å²) in [6, 6.07) is 21.7. The molecular weight excluding hydrogens is 310 g/mol. The Hall–Kier alpha value is -3.07. The summed E-state index contributed by atoms with van der Waals surface area (Å²) in [5, 5.41) is 5.15. The van der Waals surface area contributed by atoms with E-state index in [-0.39, 0.29) is 5.91 Å². The molecule has 3 aromatic rings. The van der Waals surface area contributed by atoms with E-state index in [0.717, 1.165) is 34.2 Å². The minimum absolute atomic E-state index is 0.151. The number of carbonyl (C=O) groups is 1. The van der Waals surface area contributed by atoms with Crippen LogP contribution in [-0.4, -0.2) is 12.5 Å². The predicted octanol–water partition coefficient (Wildman–Crippen LogP) is 5.28. The van der Waals surface area contributed by atoms with E-state index in [4.69, 9.17) is 4.74 Å². The Morgan fingerprint density at radius 2 is 1.76 bits per heavy atom. The van der Waals surface area contributed by atoms with Crippen molar-refractivity contribution in [2.24, 2.45) is 0 Å². The zero-order valence-electron chi connectivity index (χ0n) is 14.2. The third kappa shape index (κ3) is 4.70. The van der Waals surface area contributed by atoms with Gasteiger partial charge in [0.15, 0.2) is 0 Å². The summed E-state index contributed by atoms with van der Waals surface area (Å²) < 4.78 is 5.55. The van der Waals surface area contributed by atoms with Gasteiger partial charge in [0.2, 0.25) is 5.91 Å². The second-order valence-corrected chi connectivity index (χ2v) is 5.80. The van der Waals surface area contributed by atoms with Crippen molar-refractivity contribution in [3.05, 3.63) is 78.4 Å². The fraction of sp³-hybridized carbons (Fsp3) is 0.136. The molecule has 3 rings (SSSR count). The smallest absolute Gasteiger partial charge is 0.248 e. The van der Waals surface area contributed by atoms with Gasteiger partial charge in [-0.05, 0) is 53.1 Å². The zero-order valence-corrected chi connectivity index (χ0v) is 14.2. The van der Waals surface area contributed by atoms with Crippen LogP contribution >= 0.6 is 0 Å². The maximum atomic E-state index is 12.1. The van der Waals surface area contributed by atoms with Crippen molar-refractivity contribution in [2.75, 3.05) is 11.9 Å². The fourth-order valence-electron chi connectivity index (χ4n) is 2.52. The molecule has 3 aromatic carbocycles. The highest BCUT2D eigenvalue weighted by Gasteiger charge is 2.00. The highest BCUT2D eigenvalue weighted by atomic mass is 16.5. The standard InChI is InChI=1S/C22H21NO2/c1-2-15-25-21-12-7-17(8-13-21)9-14-22(24)23-20-11-10-18-5-3-4-6-19(18)16-20/h3-14,16H,2,15H2,1H3,(H,23,24)/b14-9+. The van der Waals surface area contributed by atoms with Crippen LogP contribution in [0.15, 0.2) is 72.8 Å². The number of carbonyl (C=O) groups excluding carboxylic acids is 1. The first-order valence-corrected chi connectivity index (χ1v) is 8.45. The van der Waals surface area contributed by atoms with E-state index in [0.29, 0.717) is 6.61 Å². The summed E-state index contributed by atoms with van der Waals surface area (Å²) in [7, 11) is 0. The van der Waals surface area contributed by atoms with Crippen LogP contribution in [0.3, 0.4) is 0 Å². The fourth-order valence-corrected chi connectivity index (χ4v) is 2.52. The van der Waals surface area contributed by atoms with Crippen molar-refractivity contribution in [3.63, 3.8) is 0 Å². The van der Waals surface area contributed by atoms with E-state index in [1.54, 1.807) is 6.08 Å². The number of hydrogen-bond donors (Lipinski definition) is 1. The van der Waals surface area contributed by atoms with E-state index in [9.17, 15) is 4.79 Å². The highest BCUT2D eigenvalue weighted by molar-refractivity contribution is 6.03. The lowest BCUT2D eigenvalue weighted by molar-refractivity contribution is -0.111. The number of anilines is 1. The lowest BCUT2D eigenvalue weighted by Gasteiger charge is -2.05. The molecule has 0 aromatic heterocycles. The second kappa shape index (κ2) is 8.15. The monoisotopic (exact) mass is 331 g/mol. The molecule has 0 radical (unpaired) electrons. The lowest BCUT2D eigenvalue weighted by Crippen LogP contribution is -2.07. The predicted molar refractivity (Wildman–Crippen MR) is 104 cm³/mol. The molecule has 3 heteroatoms. The van der Waals surface area contributed by atoms with Crippen molar-refractivity contribution < 1.29 is 9.53 Å². The van der Waals surface area contributed by atoms with Gasteiger partial charge in [0, 0.05) is 11.8 Å². The van der Waals surface area contributed by atoms with Crippen LogP contribution in [0.5, 0.6) is 5.75 Å². The number of rotatable bonds is 6. The Bertz CT molecular complexity index is 882. The molecule has 0 aliphatic rings. The summed E-state index contributed by atoms with van der Waals surface area (Å²) in [5.41, 5.74) is 1.74. The van der Waals surface area contributed by atoms with Gasteiger partial charge < -0.3 is 10.1 Å². The highest BCUT2D eigenvalue weighted by Crippen LogP contribution is 2.19. The minimum atomic E-state index is -0.151. The van der Waals surface area contributed by atoms with E-state index >= 15 is 0 Å². The van der Waals surface area contributed by atoms with Gasteiger partial charge >= 0.3 is 0 Å². The molecule has 1 amide bonds. The number of fused-ring (bicyclic) bond motifs is 1. The summed E-state index contributed by atoms with van der Waals surface area (Å²) in [4.78, 5) is 12.1. The van der Waals surface area contributed by atoms with Crippen molar-refractivity contribution in [1.82, 2.24) is 0 Å². The minimum Gasteiger partial charge on any atom is -0.494 e. The first-order valence-electron chi connectivity index (χ1n) is 8.45. The van der Waals surface area contributed by atoms with Gasteiger partial charge in [-0.25, -0.2) is 0 Å². The molecule has 0 saturated heterocycles. The van der Waals surface area contributed by atoms with Crippen molar-refractivity contribution >= 4 is 28.4 Å². The normalized spacial score (nSPS) is 10.9. The maximum absolute atomic E-state index is 12.1. The molecular formula is C22H21NO2. The van der Waals surface area contributed by atoms with Crippen LogP contribution in [0.1, 0.15) is 18.9 Å². The van der Waals surface area contributed by atoms with Gasteiger partial charge in [-0.3, -0.25) is 4.79 Å². The SMILES string of the molecule is CCCOc1ccc(/C=C/C(=O)Nc2ccc3ccccc3c2)cc1. The molecule has 0 aliphatic carbocycles. The van der Waals surface area contributed by atoms with Crippen LogP contribution in [0, 0.1) is 0 Å². The number of amides is 1. The molecule has 0 atom stereocenters. The van der Waals surface area contributed by atoms with Gasteiger partial charge in [0.05, 0.1) is 6.61 Å². The number of nitrogens with one attached hydrogen (secondary N) is 1. The van der Waals surface area contributed by atoms with Gasteiger partial charge in [0.1, 0.15) is 5.75 Å². The molecule has 0 saturated carbocycles. The molecule has 0 aliphatic heterocycles. The van der Waals surface area contributed by atoms with E-state index in [1.807, 2.05) is 60.7 Å². The Balaban J connectivity index is 1.61. The molecule has 0 heterocycles. The van der Waals surface area contributed by atoms with Gasteiger partial charge in [-0.15, -0.1) is 0 Å². The largest absolute Gasteiger partial charge is 0.494 e. The zero-order chi connectivity index (χ0) is 17.5. The molecule has 25 heavy (non-hydrogen) atoms. The average Bonchev–Trinajstić information content (AvgIpc) is 2.65. The lowest BCUT2D eigenvalue weighted by atomic mass is 10.1. The van der Waals surface area contributed by atoms with Crippen LogP contribution in [0.25, 0.3) is 16.8 Å². The first-order chi connectivity index (χ1) is 12.2.